The molecule has 0 spiro atoms. The number of likely N-dealkylation sites (tertiary alicyclic amines) is 1. The maximum Gasteiger partial charge on any atom is 0.490 e. The van der Waals surface area contributed by atoms with Crippen LogP contribution in [0.1, 0.15) is 21.9 Å². The van der Waals surface area contributed by atoms with E-state index in [4.69, 9.17) is 23.8 Å². The maximum atomic E-state index is 12.9. The first-order chi connectivity index (χ1) is 15.0. The molecular formula is C21H23F3N2O6. The van der Waals surface area contributed by atoms with Crippen molar-refractivity contribution in [2.24, 2.45) is 11.3 Å². The minimum absolute atomic E-state index is 0.0287. The molecule has 4 rings (SSSR count). The van der Waals surface area contributed by atoms with Gasteiger partial charge in [-0.2, -0.15) is 13.2 Å². The fraction of sp³-hybridized carbons (Fsp3) is 0.476. The van der Waals surface area contributed by atoms with Crippen molar-refractivity contribution in [2.45, 2.75) is 20.0 Å². The summed E-state index contributed by atoms with van der Waals surface area (Å²) in [7, 11) is 0. The normalized spacial score (nSPS) is 22.2. The van der Waals surface area contributed by atoms with Crippen LogP contribution < -0.4 is 4.74 Å². The van der Waals surface area contributed by atoms with Gasteiger partial charge < -0.3 is 23.9 Å². The maximum absolute atomic E-state index is 12.9. The van der Waals surface area contributed by atoms with E-state index in [9.17, 15) is 18.0 Å². The number of aliphatic carboxylic acids is 1. The van der Waals surface area contributed by atoms with E-state index in [0.29, 0.717) is 50.1 Å². The highest BCUT2D eigenvalue weighted by molar-refractivity contribution is 5.95. The number of carboxylic acid groups (broad SMARTS) is 1. The second-order valence-corrected chi connectivity index (χ2v) is 7.85. The molecule has 1 amide bonds. The number of hydrogen-bond acceptors (Lipinski definition) is 6. The summed E-state index contributed by atoms with van der Waals surface area (Å²) >= 11 is 0. The molecule has 2 aromatic heterocycles. The number of alkyl halides is 3. The zero-order chi connectivity index (χ0) is 23.5. The molecule has 11 heteroatoms. The molecule has 32 heavy (non-hydrogen) atoms. The Labute approximate surface area is 181 Å². The van der Waals surface area contributed by atoms with E-state index in [2.05, 4.69) is 4.98 Å². The Morgan fingerprint density at radius 2 is 2.06 bits per heavy atom. The summed E-state index contributed by atoms with van der Waals surface area (Å²) < 4.78 is 48.9. The van der Waals surface area contributed by atoms with Crippen LogP contribution in [-0.2, 0) is 9.53 Å². The smallest absolute Gasteiger partial charge is 0.477 e. The van der Waals surface area contributed by atoms with E-state index in [0.717, 1.165) is 5.76 Å². The molecule has 2 aliphatic heterocycles. The molecule has 0 radical (unpaired) electrons. The van der Waals surface area contributed by atoms with Crippen molar-refractivity contribution in [1.29, 1.82) is 0 Å². The third kappa shape index (κ3) is 5.21. The molecule has 2 fully saturated rings. The van der Waals surface area contributed by atoms with Crippen LogP contribution in [0.3, 0.4) is 0 Å². The molecule has 2 atom stereocenters. The summed E-state index contributed by atoms with van der Waals surface area (Å²) in [5.74, 6) is -0.401. The van der Waals surface area contributed by atoms with E-state index in [-0.39, 0.29) is 17.2 Å². The first-order valence-electron chi connectivity index (χ1n) is 9.80. The first-order valence-corrected chi connectivity index (χ1v) is 9.80. The number of carbonyl (C=O) groups is 2. The first kappa shape index (κ1) is 23.6. The van der Waals surface area contributed by atoms with Gasteiger partial charge in [-0.05, 0) is 26.0 Å². The Morgan fingerprint density at radius 3 is 2.62 bits per heavy atom. The minimum Gasteiger partial charge on any atom is -0.477 e. The van der Waals surface area contributed by atoms with Gasteiger partial charge in [0.2, 0.25) is 5.88 Å². The lowest BCUT2D eigenvalue weighted by Gasteiger charge is -2.26. The van der Waals surface area contributed by atoms with E-state index in [1.54, 1.807) is 6.20 Å². The lowest BCUT2D eigenvalue weighted by Crippen LogP contribution is -2.38. The molecule has 2 saturated heterocycles. The quantitative estimate of drug-likeness (QED) is 0.754. The molecular weight excluding hydrogens is 433 g/mol. The van der Waals surface area contributed by atoms with Crippen LogP contribution in [0.25, 0.3) is 0 Å². The van der Waals surface area contributed by atoms with Crippen molar-refractivity contribution >= 4 is 11.9 Å². The molecule has 2 aliphatic rings. The fourth-order valence-corrected chi connectivity index (χ4v) is 3.85. The number of hydrogen-bond donors (Lipinski definition) is 1. The predicted molar refractivity (Wildman–Crippen MR) is 104 cm³/mol. The Morgan fingerprint density at radius 1 is 1.34 bits per heavy atom. The van der Waals surface area contributed by atoms with Crippen LogP contribution in [0, 0.1) is 25.2 Å². The van der Waals surface area contributed by atoms with Crippen molar-refractivity contribution in [3.05, 3.63) is 47.5 Å². The number of carboxylic acids is 1. The van der Waals surface area contributed by atoms with Gasteiger partial charge in [0, 0.05) is 31.3 Å². The average Bonchev–Trinajstić information content (AvgIpc) is 3.38. The fourth-order valence-electron chi connectivity index (χ4n) is 3.85. The summed E-state index contributed by atoms with van der Waals surface area (Å²) in [6, 6.07) is 7.42. The summed E-state index contributed by atoms with van der Waals surface area (Å²) in [6.45, 7) is 6.79. The van der Waals surface area contributed by atoms with Gasteiger partial charge in [-0.15, -0.1) is 0 Å². The van der Waals surface area contributed by atoms with Crippen LogP contribution in [0.15, 0.2) is 34.9 Å². The second-order valence-electron chi connectivity index (χ2n) is 7.85. The van der Waals surface area contributed by atoms with E-state index < -0.39 is 12.1 Å². The highest BCUT2D eigenvalue weighted by atomic mass is 19.4. The van der Waals surface area contributed by atoms with E-state index in [1.165, 1.54) is 0 Å². The lowest BCUT2D eigenvalue weighted by molar-refractivity contribution is -0.192. The number of aryl methyl sites for hydroxylation is 2. The number of carbonyl (C=O) groups excluding carboxylic acids is 1. The molecule has 0 bridgehead atoms. The largest absolute Gasteiger partial charge is 0.490 e. The molecule has 0 unspecified atom stereocenters. The van der Waals surface area contributed by atoms with Gasteiger partial charge in [0.25, 0.3) is 5.91 Å². The molecule has 4 heterocycles. The van der Waals surface area contributed by atoms with E-state index >= 15 is 0 Å². The van der Waals surface area contributed by atoms with Crippen LogP contribution in [0.5, 0.6) is 5.88 Å². The summed E-state index contributed by atoms with van der Waals surface area (Å²) in [4.78, 5) is 27.9. The van der Waals surface area contributed by atoms with Gasteiger partial charge in [0.15, 0.2) is 0 Å². The molecule has 174 valence electrons. The topological polar surface area (TPSA) is 102 Å². The number of amides is 1. The van der Waals surface area contributed by atoms with Gasteiger partial charge in [-0.1, -0.05) is 6.07 Å². The van der Waals surface area contributed by atoms with Crippen LogP contribution in [0.4, 0.5) is 13.2 Å². The van der Waals surface area contributed by atoms with Crippen molar-refractivity contribution in [2.75, 3.05) is 32.9 Å². The average molecular weight is 456 g/mol. The lowest BCUT2D eigenvalue weighted by atomic mass is 9.82. The van der Waals surface area contributed by atoms with Crippen LogP contribution in [-0.4, -0.2) is 66.0 Å². The predicted octanol–water partition coefficient (Wildman–Crippen LogP) is 3.09. The number of furan rings is 1. The van der Waals surface area contributed by atoms with Crippen LogP contribution >= 0.6 is 0 Å². The van der Waals surface area contributed by atoms with Gasteiger partial charge in [0.1, 0.15) is 11.5 Å². The number of rotatable bonds is 4. The molecule has 0 aliphatic carbocycles. The van der Waals surface area contributed by atoms with Crippen molar-refractivity contribution in [3.63, 3.8) is 0 Å². The second kappa shape index (κ2) is 9.19. The van der Waals surface area contributed by atoms with Crippen molar-refractivity contribution in [3.8, 4) is 5.88 Å². The Bertz CT molecular complexity index is 962. The highest BCUT2D eigenvalue weighted by Gasteiger charge is 2.52. The Kier molecular flexibility index (Phi) is 6.77. The minimum atomic E-state index is -5.08. The number of pyridine rings is 1. The summed E-state index contributed by atoms with van der Waals surface area (Å²) in [6.07, 6.45) is -3.37. The molecule has 1 N–H and O–H groups in total. The highest BCUT2D eigenvalue weighted by Crippen LogP contribution is 2.42. The Balaban J connectivity index is 0.000000360. The zero-order valence-electron chi connectivity index (χ0n) is 17.5. The Hall–Kier alpha value is -3.08. The van der Waals surface area contributed by atoms with Gasteiger partial charge >= 0.3 is 12.1 Å². The summed E-state index contributed by atoms with van der Waals surface area (Å²) in [5, 5.41) is 7.12. The van der Waals surface area contributed by atoms with Crippen molar-refractivity contribution < 1.29 is 41.8 Å². The standard InChI is InChI=1S/C19H22N2O4.C2HF3O2/c1-13-7-16(14(2)25-13)18(22)21-8-15-9-23-11-19(15,10-21)12-24-17-5-3-4-6-20-17;3-2(4,5)1(6)7/h3-7,15H,8-12H2,1-2H3;(H,6,7)/t15-,19+;/m1./s1. The van der Waals surface area contributed by atoms with Gasteiger partial charge in [0.05, 0.1) is 30.8 Å². The summed E-state index contributed by atoms with van der Waals surface area (Å²) in [5.41, 5.74) is 0.485. The van der Waals surface area contributed by atoms with Gasteiger partial charge in [-0.3, -0.25) is 4.79 Å². The van der Waals surface area contributed by atoms with Gasteiger partial charge in [-0.25, -0.2) is 9.78 Å². The van der Waals surface area contributed by atoms with Crippen LogP contribution in [0.2, 0.25) is 0 Å². The number of ether oxygens (including phenoxy) is 2. The third-order valence-electron chi connectivity index (χ3n) is 5.47. The molecule has 2 aromatic rings. The number of nitrogens with zero attached hydrogens (tertiary/aromatic N) is 2. The van der Waals surface area contributed by atoms with Crippen molar-refractivity contribution in [1.82, 2.24) is 9.88 Å². The van der Waals surface area contributed by atoms with E-state index in [1.807, 2.05) is 43.0 Å². The SMILES string of the molecule is Cc1cc(C(=O)N2C[C@@H]3COC[C@]3(COc3ccccn3)C2)c(C)o1.O=C(O)C(F)(F)F. The monoisotopic (exact) mass is 456 g/mol. The zero-order valence-corrected chi connectivity index (χ0v) is 17.5. The molecule has 8 nitrogen and oxygen atoms in total. The molecule has 0 saturated carbocycles. The number of fused-ring (bicyclic) bond motifs is 1. The number of aromatic nitrogens is 1. The molecule has 0 aromatic carbocycles. The third-order valence-corrected chi connectivity index (χ3v) is 5.47. The number of halogens is 3.